The summed E-state index contributed by atoms with van der Waals surface area (Å²) in [5.41, 5.74) is 5.55. The van der Waals surface area contributed by atoms with E-state index in [1.807, 2.05) is 36.4 Å². The standard InChI is InChI=1S/3C26H30N6O6/c3*1-16(15-36-2)38-22-10-23(28-12-19(22)11-27)30-26(35)32-7-4-5-17-9-18(20(14-33)29-24(17)32)13-31-8-6-21(37-3)25(31)34/h3*9-10,12,14,16,21H,4-8,13,15H2,1-3H3,(H,28,30,35)/t16-,21?;16-,21+;16-,21-/m111/s1. The van der Waals surface area contributed by atoms with E-state index in [9.17, 15) is 58.9 Å². The van der Waals surface area contributed by atoms with E-state index < -0.39 is 36.4 Å². The second kappa shape index (κ2) is 39.8. The van der Waals surface area contributed by atoms with Gasteiger partial charge in [0.25, 0.3) is 17.7 Å². The highest BCUT2D eigenvalue weighted by Crippen LogP contribution is 2.35. The SMILES string of the molecule is COC[C@@H](C)Oc1cc(NC(=O)N2CCCc3cc(CN4CCC(OC)C4=O)c(C=O)nc32)ncc1C#N.COC[C@@H](C)Oc1cc(NC(=O)N2CCCc3cc(CN4CC[C@@H](OC)C4=O)c(C=O)nc32)ncc1C#N.COC[C@@H](C)Oc1cc(NC(=O)N2CCCc3cc(CN4CC[C@H](OC)C4=O)c(C=O)nc32)ncc1C#N. The predicted octanol–water partition coefficient (Wildman–Crippen LogP) is 6.92. The Balaban J connectivity index is 0.000000181. The van der Waals surface area contributed by atoms with Crippen molar-refractivity contribution in [3.05, 3.63) is 122 Å². The largest absolute Gasteiger partial charge is 0.487 e. The molecular weight excluding hydrogens is 1480 g/mol. The molecule has 6 aromatic rings. The number of aldehydes is 3. The smallest absolute Gasteiger partial charge is 0.328 e. The van der Waals surface area contributed by atoms with Crippen LogP contribution in [0.1, 0.15) is 141 Å². The fourth-order valence-electron chi connectivity index (χ4n) is 13.9. The van der Waals surface area contributed by atoms with Gasteiger partial charge in [-0.05, 0) is 94.2 Å². The first-order chi connectivity index (χ1) is 55.1. The fraction of sp³-hybridized carbons (Fsp3) is 0.462. The number of anilines is 6. The van der Waals surface area contributed by atoms with Crippen LogP contribution in [0.5, 0.6) is 17.2 Å². The van der Waals surface area contributed by atoms with Gasteiger partial charge < -0.3 is 57.3 Å². The third-order valence-electron chi connectivity index (χ3n) is 19.4. The number of urea groups is 3. The van der Waals surface area contributed by atoms with Gasteiger partial charge in [0, 0.05) is 156 Å². The minimum atomic E-state index is -0.478. The molecule has 0 saturated carbocycles. The van der Waals surface area contributed by atoms with Crippen LogP contribution in [0.3, 0.4) is 0 Å². The van der Waals surface area contributed by atoms with Gasteiger partial charge in [-0.25, -0.2) is 44.3 Å². The fourth-order valence-corrected chi connectivity index (χ4v) is 13.9. The van der Waals surface area contributed by atoms with Gasteiger partial charge >= 0.3 is 18.1 Å². The molecule has 0 aromatic carbocycles. The third kappa shape index (κ3) is 20.3. The van der Waals surface area contributed by atoms with Gasteiger partial charge in [0.1, 0.15) is 141 Å². The van der Waals surface area contributed by atoms with E-state index in [1.54, 1.807) is 56.8 Å². The lowest BCUT2D eigenvalue weighted by Crippen LogP contribution is -2.40. The zero-order valence-electron chi connectivity index (χ0n) is 64.8. The summed E-state index contributed by atoms with van der Waals surface area (Å²) in [6.07, 6.45) is 9.47. The zero-order chi connectivity index (χ0) is 81.7. The van der Waals surface area contributed by atoms with Gasteiger partial charge in [-0.3, -0.25) is 59.4 Å². The first-order valence-electron chi connectivity index (χ1n) is 37.0. The number of methoxy groups -OCH3 is 6. The van der Waals surface area contributed by atoms with Crippen LogP contribution in [0.2, 0.25) is 0 Å². The molecule has 6 aromatic heterocycles. The van der Waals surface area contributed by atoms with Crippen molar-refractivity contribution in [1.29, 1.82) is 15.8 Å². The number of carbonyl (C=O) groups is 9. The van der Waals surface area contributed by atoms with Gasteiger partial charge in [-0.1, -0.05) is 0 Å². The van der Waals surface area contributed by atoms with Crippen LogP contribution in [0.25, 0.3) is 0 Å². The summed E-state index contributed by atoms with van der Waals surface area (Å²) in [4.78, 5) is 148. The molecule has 6 aliphatic heterocycles. The molecule has 36 heteroatoms. The van der Waals surface area contributed by atoms with Crippen molar-refractivity contribution in [1.82, 2.24) is 44.6 Å². The van der Waals surface area contributed by atoms with E-state index in [0.29, 0.717) is 170 Å². The highest BCUT2D eigenvalue weighted by Gasteiger charge is 2.37. The van der Waals surface area contributed by atoms with E-state index in [-0.39, 0.29) is 124 Å². The lowest BCUT2D eigenvalue weighted by Gasteiger charge is -2.29. The third-order valence-corrected chi connectivity index (χ3v) is 19.4. The Morgan fingerprint density at radius 1 is 0.447 bits per heavy atom. The second-order valence-corrected chi connectivity index (χ2v) is 27.5. The molecule has 0 spiro atoms. The summed E-state index contributed by atoms with van der Waals surface area (Å²) >= 11 is 0. The number of rotatable bonds is 27. The summed E-state index contributed by atoms with van der Waals surface area (Å²) < 4.78 is 48.2. The van der Waals surface area contributed by atoms with Gasteiger partial charge in [0.15, 0.2) is 18.9 Å². The highest BCUT2D eigenvalue weighted by atomic mass is 16.5. The van der Waals surface area contributed by atoms with Crippen molar-refractivity contribution >= 4 is 89.6 Å². The van der Waals surface area contributed by atoms with E-state index in [1.165, 1.54) is 72.8 Å². The number of pyridine rings is 6. The Bertz CT molecular complexity index is 4240. The van der Waals surface area contributed by atoms with Crippen LogP contribution < -0.4 is 44.9 Å². The van der Waals surface area contributed by atoms with Crippen LogP contribution >= 0.6 is 0 Å². The number of nitriles is 3. The molecule has 0 aliphatic carbocycles. The molecule has 1 unspecified atom stereocenters. The molecule has 9 amide bonds. The van der Waals surface area contributed by atoms with E-state index in [2.05, 4.69) is 45.9 Å². The lowest BCUT2D eigenvalue weighted by molar-refractivity contribution is -0.137. The number of aromatic nitrogens is 6. The molecule has 0 radical (unpaired) electrons. The summed E-state index contributed by atoms with van der Waals surface area (Å²) in [6, 6.07) is 14.7. The zero-order valence-corrected chi connectivity index (χ0v) is 64.8. The van der Waals surface area contributed by atoms with E-state index in [4.69, 9.17) is 42.6 Å². The summed E-state index contributed by atoms with van der Waals surface area (Å²) in [5, 5.41) is 36.4. The van der Waals surface area contributed by atoms with Gasteiger partial charge in [0.2, 0.25) is 0 Å². The van der Waals surface area contributed by atoms with Crippen LogP contribution in [0.15, 0.2) is 55.0 Å². The normalized spacial score (nSPS) is 17.5. The number of likely N-dealkylation sites (tertiary alicyclic amines) is 3. The molecular formula is C78H90N18O18. The number of hydrogen-bond acceptors (Lipinski definition) is 27. The van der Waals surface area contributed by atoms with Crippen LogP contribution in [-0.4, -0.2) is 238 Å². The lowest BCUT2D eigenvalue weighted by atomic mass is 10.0. The van der Waals surface area contributed by atoms with Crippen LogP contribution in [0.4, 0.5) is 49.3 Å². The van der Waals surface area contributed by atoms with Gasteiger partial charge in [-0.2, -0.15) is 15.8 Å². The molecule has 0 bridgehead atoms. The van der Waals surface area contributed by atoms with Crippen molar-refractivity contribution in [2.75, 3.05) is 132 Å². The topological polar surface area (TPSA) is 441 Å². The van der Waals surface area contributed by atoms with Crippen molar-refractivity contribution in [3.63, 3.8) is 0 Å². The van der Waals surface area contributed by atoms with Crippen molar-refractivity contribution in [3.8, 4) is 35.5 Å². The van der Waals surface area contributed by atoms with Crippen LogP contribution in [0, 0.1) is 34.0 Å². The minimum Gasteiger partial charge on any atom is -0.487 e. The average Bonchev–Trinajstić information content (AvgIpc) is 0.968. The predicted molar refractivity (Wildman–Crippen MR) is 408 cm³/mol. The maximum atomic E-state index is 13.2. The molecule has 6 atom stereocenters. The monoisotopic (exact) mass is 1570 g/mol. The van der Waals surface area contributed by atoms with E-state index >= 15 is 0 Å². The molecule has 6 aliphatic rings. The number of ether oxygens (including phenoxy) is 9. The molecule has 3 fully saturated rings. The molecule has 3 N–H and O–H groups in total. The molecule has 36 nitrogen and oxygen atoms in total. The molecule has 12 rings (SSSR count). The second-order valence-electron chi connectivity index (χ2n) is 27.5. The molecule has 114 heavy (non-hydrogen) atoms. The molecule has 600 valence electrons. The Labute approximate surface area is 657 Å². The maximum Gasteiger partial charge on any atom is 0.328 e. The Hall–Kier alpha value is -12.2. The van der Waals surface area contributed by atoms with Gasteiger partial charge in [-0.15, -0.1) is 0 Å². The number of fused-ring (bicyclic) bond motifs is 3. The Kier molecular flexibility index (Phi) is 29.4. The average molecular weight is 1570 g/mol. The summed E-state index contributed by atoms with van der Waals surface area (Å²) in [5.74, 6) is 2.27. The summed E-state index contributed by atoms with van der Waals surface area (Å²) in [6.45, 7) is 9.92. The number of nitrogens with zero attached hydrogens (tertiary/aromatic N) is 15. The first kappa shape index (κ1) is 84.2. The number of hydrogen-bond donors (Lipinski definition) is 3. The van der Waals surface area contributed by atoms with Crippen molar-refractivity contribution in [2.45, 2.75) is 135 Å². The Morgan fingerprint density at radius 2 is 0.719 bits per heavy atom. The summed E-state index contributed by atoms with van der Waals surface area (Å²) in [7, 11) is 9.17. The number of aryl methyl sites for hydroxylation is 3. The highest BCUT2D eigenvalue weighted by molar-refractivity contribution is 6.04. The quantitative estimate of drug-likeness (QED) is 0.0440. The Morgan fingerprint density at radius 3 is 0.947 bits per heavy atom. The molecule has 12 heterocycles. The first-order valence-corrected chi connectivity index (χ1v) is 37.0. The van der Waals surface area contributed by atoms with Crippen LogP contribution in [-0.2, 0) is 81.7 Å². The number of nitrogens with one attached hydrogen (secondary N) is 3. The molecule has 3 saturated heterocycles. The van der Waals surface area contributed by atoms with Gasteiger partial charge in [0.05, 0.1) is 38.4 Å². The number of carbonyl (C=O) groups excluding carboxylic acids is 9. The maximum absolute atomic E-state index is 13.2. The van der Waals surface area contributed by atoms with Crippen molar-refractivity contribution in [2.24, 2.45) is 0 Å². The minimum absolute atomic E-state index is 0.113. The van der Waals surface area contributed by atoms with Crippen molar-refractivity contribution < 1.29 is 85.8 Å². The van der Waals surface area contributed by atoms with E-state index in [0.717, 1.165) is 16.7 Å². The number of amides is 9.